The van der Waals surface area contributed by atoms with Crippen molar-refractivity contribution in [2.24, 2.45) is 0 Å². The summed E-state index contributed by atoms with van der Waals surface area (Å²) in [5.41, 5.74) is -0.582. The maximum atomic E-state index is 14.4. The number of rotatable bonds is 6. The molecule has 2 heterocycles. The molecular weight excluding hydrogens is 524 g/mol. The molecule has 1 fully saturated rings. The number of carbonyl (C=O) groups is 1. The van der Waals surface area contributed by atoms with Crippen LogP contribution in [-0.4, -0.2) is 42.4 Å². The summed E-state index contributed by atoms with van der Waals surface area (Å²) in [5.74, 6) is -2.28. The molecule has 0 bridgehead atoms. The van der Waals surface area contributed by atoms with Crippen LogP contribution in [0.5, 0.6) is 0 Å². The fourth-order valence-corrected chi connectivity index (χ4v) is 5.53. The zero-order chi connectivity index (χ0) is 27.0. The lowest BCUT2D eigenvalue weighted by Gasteiger charge is -2.23. The molecule has 0 spiro atoms. The summed E-state index contributed by atoms with van der Waals surface area (Å²) >= 11 is 0. The van der Waals surface area contributed by atoms with E-state index >= 15 is 0 Å². The SMILES string of the molecule is O=C(NCc1cc(-c2ccc(C(F)(F)F)cn2)ccc1F)C1CC(F)CN1S(=O)(=O)c1ccc(F)cc1. The first-order valence-corrected chi connectivity index (χ1v) is 12.3. The summed E-state index contributed by atoms with van der Waals surface area (Å²) < 4.78 is 107. The number of aromatic nitrogens is 1. The molecule has 1 amide bonds. The summed E-state index contributed by atoms with van der Waals surface area (Å²) in [7, 11) is -4.33. The smallest absolute Gasteiger partial charge is 0.351 e. The highest BCUT2D eigenvalue weighted by Crippen LogP contribution is 2.31. The van der Waals surface area contributed by atoms with Crippen LogP contribution >= 0.6 is 0 Å². The van der Waals surface area contributed by atoms with E-state index in [9.17, 15) is 39.6 Å². The fraction of sp³-hybridized carbons (Fsp3) is 0.250. The van der Waals surface area contributed by atoms with Crippen molar-refractivity contribution in [3.05, 3.63) is 83.6 Å². The van der Waals surface area contributed by atoms with Gasteiger partial charge in [-0.25, -0.2) is 21.6 Å². The van der Waals surface area contributed by atoms with E-state index in [4.69, 9.17) is 0 Å². The number of alkyl halides is 4. The van der Waals surface area contributed by atoms with Crippen LogP contribution in [0.25, 0.3) is 11.3 Å². The summed E-state index contributed by atoms with van der Waals surface area (Å²) in [4.78, 5) is 16.3. The van der Waals surface area contributed by atoms with E-state index in [1.807, 2.05) is 0 Å². The Morgan fingerprint density at radius 3 is 2.38 bits per heavy atom. The zero-order valence-electron chi connectivity index (χ0n) is 18.8. The fourth-order valence-electron chi connectivity index (χ4n) is 3.90. The van der Waals surface area contributed by atoms with Crippen LogP contribution in [0.15, 0.2) is 65.7 Å². The van der Waals surface area contributed by atoms with Crippen LogP contribution < -0.4 is 5.32 Å². The number of hydrogen-bond donors (Lipinski definition) is 1. The number of sulfonamides is 1. The largest absolute Gasteiger partial charge is 0.417 e. The molecule has 2 aromatic carbocycles. The number of pyridine rings is 1. The first kappa shape index (κ1) is 26.6. The van der Waals surface area contributed by atoms with Gasteiger partial charge in [0, 0.05) is 36.8 Å². The molecule has 1 aliphatic heterocycles. The third-order valence-corrected chi connectivity index (χ3v) is 7.70. The second kappa shape index (κ2) is 10.1. The molecule has 1 saturated heterocycles. The van der Waals surface area contributed by atoms with Crippen molar-refractivity contribution in [1.82, 2.24) is 14.6 Å². The predicted molar refractivity (Wildman–Crippen MR) is 120 cm³/mol. The summed E-state index contributed by atoms with van der Waals surface area (Å²) in [5, 5.41) is 2.39. The van der Waals surface area contributed by atoms with Crippen molar-refractivity contribution in [3.63, 3.8) is 0 Å². The van der Waals surface area contributed by atoms with E-state index in [1.54, 1.807) is 0 Å². The minimum Gasteiger partial charge on any atom is -0.351 e. The van der Waals surface area contributed by atoms with Gasteiger partial charge >= 0.3 is 6.18 Å². The number of carbonyl (C=O) groups excluding carboxylic acids is 1. The van der Waals surface area contributed by atoms with E-state index < -0.39 is 71.0 Å². The van der Waals surface area contributed by atoms with E-state index in [2.05, 4.69) is 10.3 Å². The highest BCUT2D eigenvalue weighted by molar-refractivity contribution is 7.89. The Balaban J connectivity index is 1.50. The molecule has 0 saturated carbocycles. The molecule has 37 heavy (non-hydrogen) atoms. The topological polar surface area (TPSA) is 79.4 Å². The van der Waals surface area contributed by atoms with Gasteiger partial charge in [0.1, 0.15) is 23.8 Å². The molecule has 1 N–H and O–H groups in total. The van der Waals surface area contributed by atoms with Gasteiger partial charge in [-0.05, 0) is 54.6 Å². The minimum atomic E-state index is -4.57. The van der Waals surface area contributed by atoms with Crippen molar-refractivity contribution in [2.45, 2.75) is 36.3 Å². The average Bonchev–Trinajstić information content (AvgIpc) is 3.26. The van der Waals surface area contributed by atoms with Gasteiger partial charge in [-0.15, -0.1) is 0 Å². The van der Waals surface area contributed by atoms with Crippen molar-refractivity contribution < 1.29 is 39.6 Å². The normalized spacial score (nSPS) is 18.6. The van der Waals surface area contributed by atoms with Crippen LogP contribution in [0.3, 0.4) is 0 Å². The molecule has 4 rings (SSSR count). The van der Waals surface area contributed by atoms with Gasteiger partial charge in [0.25, 0.3) is 0 Å². The van der Waals surface area contributed by atoms with Crippen molar-refractivity contribution in [1.29, 1.82) is 0 Å². The number of nitrogens with zero attached hydrogens (tertiary/aromatic N) is 2. The van der Waals surface area contributed by atoms with Gasteiger partial charge in [-0.2, -0.15) is 17.5 Å². The van der Waals surface area contributed by atoms with E-state index in [0.29, 0.717) is 10.5 Å². The molecule has 196 valence electrons. The Kier molecular flexibility index (Phi) is 7.29. The third kappa shape index (κ3) is 5.77. The molecule has 3 aromatic rings. The molecule has 2 unspecified atom stereocenters. The molecule has 0 radical (unpaired) electrons. The highest BCUT2D eigenvalue weighted by Gasteiger charge is 2.44. The van der Waals surface area contributed by atoms with Gasteiger partial charge in [0.15, 0.2) is 0 Å². The maximum absolute atomic E-state index is 14.4. The first-order valence-electron chi connectivity index (χ1n) is 10.9. The summed E-state index contributed by atoms with van der Waals surface area (Å²) in [6.45, 7) is -0.988. The lowest BCUT2D eigenvalue weighted by molar-refractivity contribution is -0.137. The first-order chi connectivity index (χ1) is 17.4. The van der Waals surface area contributed by atoms with E-state index in [1.165, 1.54) is 12.1 Å². The van der Waals surface area contributed by atoms with Crippen LogP contribution in [0, 0.1) is 11.6 Å². The Labute approximate surface area is 208 Å². The molecule has 1 aliphatic rings. The third-order valence-electron chi connectivity index (χ3n) is 5.81. The minimum absolute atomic E-state index is 0.0460. The highest BCUT2D eigenvalue weighted by atomic mass is 32.2. The average molecular weight is 543 g/mol. The second-order valence-electron chi connectivity index (χ2n) is 8.33. The summed E-state index contributed by atoms with van der Waals surface area (Å²) in [6.07, 6.45) is -5.98. The van der Waals surface area contributed by atoms with Crippen LogP contribution in [0.2, 0.25) is 0 Å². The molecule has 13 heteroatoms. The van der Waals surface area contributed by atoms with Gasteiger partial charge in [0.2, 0.25) is 15.9 Å². The van der Waals surface area contributed by atoms with E-state index in [-0.39, 0.29) is 21.7 Å². The zero-order valence-corrected chi connectivity index (χ0v) is 19.7. The van der Waals surface area contributed by atoms with Crippen molar-refractivity contribution in [3.8, 4) is 11.3 Å². The van der Waals surface area contributed by atoms with Crippen LogP contribution in [0.1, 0.15) is 17.5 Å². The molecule has 1 aromatic heterocycles. The van der Waals surface area contributed by atoms with Crippen LogP contribution in [0.4, 0.5) is 26.3 Å². The molecule has 0 aliphatic carbocycles. The Bertz CT molecular complexity index is 1400. The number of amides is 1. The second-order valence-corrected chi connectivity index (χ2v) is 10.2. The van der Waals surface area contributed by atoms with Gasteiger partial charge in [-0.3, -0.25) is 9.78 Å². The number of nitrogens with one attached hydrogen (secondary N) is 1. The van der Waals surface area contributed by atoms with Gasteiger partial charge in [0.05, 0.1) is 16.2 Å². The summed E-state index contributed by atoms with van der Waals surface area (Å²) in [6, 6.07) is 8.01. The maximum Gasteiger partial charge on any atom is 0.417 e. The predicted octanol–water partition coefficient (Wildman–Crippen LogP) is 4.46. The number of hydrogen-bond acceptors (Lipinski definition) is 4. The standard InChI is InChI=1S/C24H19F6N3O3S/c25-17-3-5-19(6-4-17)37(35,36)33-13-18(26)10-22(33)23(34)32-11-15-9-14(1-7-20(15)27)21-8-2-16(12-31-21)24(28,29)30/h1-9,12,18,22H,10-11,13H2,(H,32,34). The Morgan fingerprint density at radius 1 is 1.05 bits per heavy atom. The van der Waals surface area contributed by atoms with Crippen molar-refractivity contribution in [2.75, 3.05) is 6.54 Å². The van der Waals surface area contributed by atoms with Gasteiger partial charge in [-0.1, -0.05) is 0 Å². The number of benzene rings is 2. The molecule has 2 atom stereocenters. The molecular formula is C24H19F6N3O3S. The molecule has 6 nitrogen and oxygen atoms in total. The quantitative estimate of drug-likeness (QED) is 0.466. The lowest BCUT2D eigenvalue weighted by Crippen LogP contribution is -2.45. The lowest BCUT2D eigenvalue weighted by atomic mass is 10.1. The van der Waals surface area contributed by atoms with E-state index in [0.717, 1.165) is 42.5 Å². The Hall–Kier alpha value is -3.45. The monoisotopic (exact) mass is 543 g/mol. The van der Waals surface area contributed by atoms with Gasteiger partial charge < -0.3 is 5.32 Å². The number of halogens is 6. The van der Waals surface area contributed by atoms with Crippen LogP contribution in [-0.2, 0) is 27.5 Å². The Morgan fingerprint density at radius 2 is 1.76 bits per heavy atom. The van der Waals surface area contributed by atoms with Crippen molar-refractivity contribution >= 4 is 15.9 Å².